The van der Waals surface area contributed by atoms with E-state index in [4.69, 9.17) is 18.0 Å². The lowest BCUT2D eigenvalue weighted by molar-refractivity contribution is 1.04. The van der Waals surface area contributed by atoms with Crippen molar-refractivity contribution in [2.24, 2.45) is 5.73 Å². The fraction of sp³-hybridized carbons (Fsp3) is 0.0769. The van der Waals surface area contributed by atoms with Crippen molar-refractivity contribution < 1.29 is 0 Å². The van der Waals surface area contributed by atoms with Gasteiger partial charge in [-0.05, 0) is 29.1 Å². The summed E-state index contributed by atoms with van der Waals surface area (Å²) in [7, 11) is 0. The third-order valence-electron chi connectivity index (χ3n) is 2.79. The summed E-state index contributed by atoms with van der Waals surface area (Å²) in [6, 6.07) is 10.4. The Morgan fingerprint density at radius 2 is 2.28 bits per heavy atom. The Labute approximate surface area is 114 Å². The largest absolute Gasteiger partial charge is 0.393 e. The second kappa shape index (κ2) is 4.51. The van der Waals surface area contributed by atoms with E-state index in [1.165, 1.54) is 10.4 Å². The molecule has 1 aromatic carbocycles. The number of hydrogen-bond donors (Lipinski definition) is 2. The molecule has 0 fully saturated rings. The van der Waals surface area contributed by atoms with Crippen LogP contribution in [0.1, 0.15) is 5.69 Å². The van der Waals surface area contributed by atoms with Crippen molar-refractivity contribution in [3.05, 3.63) is 41.4 Å². The zero-order valence-electron chi connectivity index (χ0n) is 9.51. The third-order valence-corrected chi connectivity index (χ3v) is 3.85. The molecule has 18 heavy (non-hydrogen) atoms. The van der Waals surface area contributed by atoms with Crippen LogP contribution >= 0.6 is 23.6 Å². The van der Waals surface area contributed by atoms with E-state index in [-0.39, 0.29) is 0 Å². The van der Waals surface area contributed by atoms with Crippen molar-refractivity contribution in [1.82, 2.24) is 10.2 Å². The van der Waals surface area contributed by atoms with Crippen molar-refractivity contribution in [1.29, 1.82) is 0 Å². The first-order chi connectivity index (χ1) is 8.74. The van der Waals surface area contributed by atoms with Gasteiger partial charge in [-0.3, -0.25) is 5.10 Å². The van der Waals surface area contributed by atoms with E-state index < -0.39 is 0 Å². The Balaban J connectivity index is 2.12. The van der Waals surface area contributed by atoms with E-state index in [9.17, 15) is 0 Å². The van der Waals surface area contributed by atoms with Gasteiger partial charge in [-0.25, -0.2) is 0 Å². The average molecular weight is 273 g/mol. The van der Waals surface area contributed by atoms with Crippen LogP contribution in [0.2, 0.25) is 0 Å². The monoisotopic (exact) mass is 273 g/mol. The molecule has 3 nitrogen and oxygen atoms in total. The van der Waals surface area contributed by atoms with Crippen LogP contribution in [0.4, 0.5) is 0 Å². The number of rotatable bonds is 3. The first-order valence-electron chi connectivity index (χ1n) is 5.53. The molecule has 0 aliphatic carbocycles. The minimum Gasteiger partial charge on any atom is -0.393 e. The number of nitrogens with zero attached hydrogens (tertiary/aromatic N) is 1. The Bertz CT molecular complexity index is 698. The van der Waals surface area contributed by atoms with E-state index in [2.05, 4.69) is 39.8 Å². The molecule has 0 bridgehead atoms. The number of H-pyrrole nitrogens is 1. The summed E-state index contributed by atoms with van der Waals surface area (Å²) in [6.07, 6.45) is 0.555. The highest BCUT2D eigenvalue weighted by Crippen LogP contribution is 2.28. The number of fused-ring (bicyclic) bond motifs is 1. The van der Waals surface area contributed by atoms with Gasteiger partial charge in [0.15, 0.2) is 0 Å². The number of thiocarbonyl (C=S) groups is 1. The first-order valence-corrected chi connectivity index (χ1v) is 6.82. The average Bonchev–Trinajstić information content (AvgIpc) is 2.98. The lowest BCUT2D eigenvalue weighted by Gasteiger charge is -1.99. The maximum absolute atomic E-state index is 5.59. The Kier molecular flexibility index (Phi) is 2.85. The molecule has 0 radical (unpaired) electrons. The predicted molar refractivity (Wildman–Crippen MR) is 79.9 cm³/mol. The highest BCUT2D eigenvalue weighted by molar-refractivity contribution is 7.80. The molecule has 5 heteroatoms. The van der Waals surface area contributed by atoms with Crippen LogP contribution in [-0.2, 0) is 6.42 Å². The van der Waals surface area contributed by atoms with Gasteiger partial charge >= 0.3 is 0 Å². The summed E-state index contributed by atoms with van der Waals surface area (Å²) in [5.41, 5.74) is 8.72. The molecule has 3 aromatic rings. The van der Waals surface area contributed by atoms with Gasteiger partial charge in [0, 0.05) is 22.4 Å². The lowest BCUT2D eigenvalue weighted by atomic mass is 10.1. The normalized spacial score (nSPS) is 10.9. The van der Waals surface area contributed by atoms with Gasteiger partial charge in [0.2, 0.25) is 0 Å². The molecule has 0 saturated heterocycles. The number of aromatic nitrogens is 2. The van der Waals surface area contributed by atoms with Crippen LogP contribution in [-0.4, -0.2) is 15.2 Å². The molecule has 3 N–H and O–H groups in total. The third kappa shape index (κ3) is 2.02. The van der Waals surface area contributed by atoms with Crippen molar-refractivity contribution in [2.45, 2.75) is 6.42 Å². The number of hydrogen-bond acceptors (Lipinski definition) is 3. The molecule has 0 atom stereocenters. The molecular formula is C13H11N3S2. The van der Waals surface area contributed by atoms with Crippen LogP contribution in [0.3, 0.4) is 0 Å². The fourth-order valence-electron chi connectivity index (χ4n) is 1.97. The lowest BCUT2D eigenvalue weighted by Crippen LogP contribution is -2.11. The number of thiophene rings is 1. The number of nitrogens with one attached hydrogen (secondary N) is 1. The Morgan fingerprint density at radius 3 is 3.00 bits per heavy atom. The summed E-state index contributed by atoms with van der Waals surface area (Å²) < 4.78 is 0. The van der Waals surface area contributed by atoms with Crippen LogP contribution in [0.25, 0.3) is 21.3 Å². The fourth-order valence-corrected chi connectivity index (χ4v) is 2.84. The van der Waals surface area contributed by atoms with Gasteiger partial charge in [0.05, 0.1) is 10.5 Å². The van der Waals surface area contributed by atoms with Gasteiger partial charge in [-0.15, -0.1) is 11.3 Å². The molecule has 3 rings (SSSR count). The highest BCUT2D eigenvalue weighted by atomic mass is 32.1. The second-order valence-corrected chi connectivity index (χ2v) is 5.53. The topological polar surface area (TPSA) is 54.7 Å². The molecule has 2 aromatic heterocycles. The van der Waals surface area contributed by atoms with Crippen LogP contribution in [0.15, 0.2) is 35.7 Å². The molecule has 0 saturated carbocycles. The quantitative estimate of drug-likeness (QED) is 0.721. The van der Waals surface area contributed by atoms with E-state index in [0.29, 0.717) is 11.4 Å². The smallest absolute Gasteiger partial charge is 0.0924 e. The second-order valence-electron chi connectivity index (χ2n) is 4.05. The van der Waals surface area contributed by atoms with Crippen molar-refractivity contribution in [2.75, 3.05) is 0 Å². The van der Waals surface area contributed by atoms with Crippen molar-refractivity contribution in [3.63, 3.8) is 0 Å². The van der Waals surface area contributed by atoms with E-state index in [0.717, 1.165) is 16.6 Å². The van der Waals surface area contributed by atoms with Gasteiger partial charge in [-0.2, -0.15) is 5.10 Å². The molecular weight excluding hydrogens is 262 g/mol. The van der Waals surface area contributed by atoms with Crippen molar-refractivity contribution in [3.8, 4) is 10.4 Å². The molecule has 0 amide bonds. The first kappa shape index (κ1) is 11.4. The van der Waals surface area contributed by atoms with E-state index >= 15 is 0 Å². The minimum atomic E-state index is 0.474. The Morgan fingerprint density at radius 1 is 1.39 bits per heavy atom. The van der Waals surface area contributed by atoms with Crippen molar-refractivity contribution >= 4 is 39.4 Å². The van der Waals surface area contributed by atoms with Gasteiger partial charge in [0.1, 0.15) is 0 Å². The molecule has 0 unspecified atom stereocenters. The van der Waals surface area contributed by atoms with Gasteiger partial charge < -0.3 is 5.73 Å². The molecule has 0 aliphatic rings. The molecule has 2 heterocycles. The zero-order chi connectivity index (χ0) is 12.5. The predicted octanol–water partition coefficient (Wildman–Crippen LogP) is 3.12. The Hall–Kier alpha value is -1.72. The van der Waals surface area contributed by atoms with E-state index in [1.54, 1.807) is 11.3 Å². The molecule has 0 aliphatic heterocycles. The maximum atomic E-state index is 5.59. The highest BCUT2D eigenvalue weighted by Gasteiger charge is 2.08. The van der Waals surface area contributed by atoms with Gasteiger partial charge in [-0.1, -0.05) is 24.4 Å². The molecule has 0 spiro atoms. The summed E-state index contributed by atoms with van der Waals surface area (Å²) in [4.78, 5) is 1.72. The summed E-state index contributed by atoms with van der Waals surface area (Å²) in [5.74, 6) is 0. The number of benzene rings is 1. The van der Waals surface area contributed by atoms with E-state index in [1.807, 2.05) is 6.07 Å². The summed E-state index contributed by atoms with van der Waals surface area (Å²) in [5, 5.41) is 10.4. The standard InChI is InChI=1S/C13H11N3S2/c14-13(17)7-11-9-6-8(12-2-1-5-18-12)3-4-10(9)15-16-11/h1-6H,7H2,(H2,14,17)(H,15,16). The maximum Gasteiger partial charge on any atom is 0.0924 e. The van der Waals surface area contributed by atoms with Crippen LogP contribution in [0.5, 0.6) is 0 Å². The number of nitrogens with two attached hydrogens (primary N) is 1. The zero-order valence-corrected chi connectivity index (χ0v) is 11.1. The molecule has 90 valence electrons. The SMILES string of the molecule is NC(=S)Cc1[nH]nc2ccc(-c3cccs3)cc12. The summed E-state index contributed by atoms with van der Waals surface area (Å²) >= 11 is 6.68. The number of aromatic amines is 1. The van der Waals surface area contributed by atoms with Crippen LogP contribution in [0, 0.1) is 0 Å². The summed E-state index contributed by atoms with van der Waals surface area (Å²) in [6.45, 7) is 0. The minimum absolute atomic E-state index is 0.474. The van der Waals surface area contributed by atoms with Crippen LogP contribution < -0.4 is 5.73 Å². The van der Waals surface area contributed by atoms with Gasteiger partial charge in [0.25, 0.3) is 0 Å².